The molecule has 1 aromatic heterocycles. The SMILES string of the molecule is CC(c1cccc(N)c1)N1CCN(c2ccccn2)CC1. The van der Waals surface area contributed by atoms with Gasteiger partial charge >= 0.3 is 0 Å². The molecule has 0 amide bonds. The molecule has 2 aromatic rings. The summed E-state index contributed by atoms with van der Waals surface area (Å²) in [5.74, 6) is 1.08. The van der Waals surface area contributed by atoms with Crippen LogP contribution in [-0.4, -0.2) is 36.1 Å². The summed E-state index contributed by atoms with van der Waals surface area (Å²) in [6.45, 7) is 6.39. The Morgan fingerprint density at radius 3 is 2.52 bits per heavy atom. The van der Waals surface area contributed by atoms with Crippen molar-refractivity contribution >= 4 is 11.5 Å². The number of piperazine rings is 1. The molecule has 1 fully saturated rings. The molecular formula is C17H22N4. The van der Waals surface area contributed by atoms with E-state index in [1.165, 1.54) is 5.56 Å². The molecule has 2 heterocycles. The summed E-state index contributed by atoms with van der Waals surface area (Å²) in [6.07, 6.45) is 1.86. The number of anilines is 2. The predicted molar refractivity (Wildman–Crippen MR) is 87.3 cm³/mol. The maximum absolute atomic E-state index is 5.89. The van der Waals surface area contributed by atoms with Gasteiger partial charge in [0.1, 0.15) is 5.82 Å². The molecule has 1 aromatic carbocycles. The van der Waals surface area contributed by atoms with Crippen LogP contribution in [0.25, 0.3) is 0 Å². The number of pyridine rings is 1. The van der Waals surface area contributed by atoms with E-state index < -0.39 is 0 Å². The first-order valence-electron chi connectivity index (χ1n) is 7.49. The fraction of sp³-hybridized carbons (Fsp3) is 0.353. The fourth-order valence-corrected chi connectivity index (χ4v) is 2.91. The number of hydrogen-bond donors (Lipinski definition) is 1. The Balaban J connectivity index is 1.63. The van der Waals surface area contributed by atoms with Crippen LogP contribution in [0.4, 0.5) is 11.5 Å². The van der Waals surface area contributed by atoms with Gasteiger partial charge in [-0.1, -0.05) is 18.2 Å². The molecule has 0 aliphatic carbocycles. The van der Waals surface area contributed by atoms with Crippen molar-refractivity contribution in [3.63, 3.8) is 0 Å². The van der Waals surface area contributed by atoms with Crippen LogP contribution in [0.3, 0.4) is 0 Å². The second kappa shape index (κ2) is 6.14. The number of aromatic nitrogens is 1. The summed E-state index contributed by atoms with van der Waals surface area (Å²) in [7, 11) is 0. The van der Waals surface area contributed by atoms with Gasteiger partial charge in [-0.3, -0.25) is 4.90 Å². The number of rotatable bonds is 3. The molecule has 4 heteroatoms. The van der Waals surface area contributed by atoms with Gasteiger partial charge in [0.05, 0.1) is 0 Å². The Hall–Kier alpha value is -2.07. The lowest BCUT2D eigenvalue weighted by atomic mass is 10.1. The smallest absolute Gasteiger partial charge is 0.128 e. The highest BCUT2D eigenvalue weighted by Gasteiger charge is 2.22. The van der Waals surface area contributed by atoms with Crippen LogP contribution in [-0.2, 0) is 0 Å². The minimum absolute atomic E-state index is 0.402. The van der Waals surface area contributed by atoms with Crippen molar-refractivity contribution in [2.75, 3.05) is 36.8 Å². The molecule has 110 valence electrons. The third-order valence-electron chi connectivity index (χ3n) is 4.23. The summed E-state index contributed by atoms with van der Waals surface area (Å²) in [5.41, 5.74) is 8.02. The highest BCUT2D eigenvalue weighted by molar-refractivity contribution is 5.42. The molecule has 2 N–H and O–H groups in total. The summed E-state index contributed by atoms with van der Waals surface area (Å²) in [5, 5.41) is 0. The van der Waals surface area contributed by atoms with Crippen molar-refractivity contribution in [3.05, 3.63) is 54.2 Å². The topological polar surface area (TPSA) is 45.4 Å². The van der Waals surface area contributed by atoms with Crippen LogP contribution in [0.5, 0.6) is 0 Å². The minimum Gasteiger partial charge on any atom is -0.399 e. The van der Waals surface area contributed by atoms with Crippen LogP contribution in [0.2, 0.25) is 0 Å². The highest BCUT2D eigenvalue weighted by atomic mass is 15.3. The maximum Gasteiger partial charge on any atom is 0.128 e. The van der Waals surface area contributed by atoms with E-state index in [1.54, 1.807) is 0 Å². The minimum atomic E-state index is 0.402. The van der Waals surface area contributed by atoms with Gasteiger partial charge in [0.25, 0.3) is 0 Å². The van der Waals surface area contributed by atoms with Gasteiger partial charge < -0.3 is 10.6 Å². The number of nitrogens with two attached hydrogens (primary N) is 1. The van der Waals surface area contributed by atoms with Gasteiger partial charge in [-0.15, -0.1) is 0 Å². The number of hydrogen-bond acceptors (Lipinski definition) is 4. The van der Waals surface area contributed by atoms with Crippen molar-refractivity contribution in [3.8, 4) is 0 Å². The van der Waals surface area contributed by atoms with E-state index in [0.717, 1.165) is 37.7 Å². The van der Waals surface area contributed by atoms with Crippen LogP contribution < -0.4 is 10.6 Å². The molecule has 0 saturated carbocycles. The monoisotopic (exact) mass is 282 g/mol. The lowest BCUT2D eigenvalue weighted by molar-refractivity contribution is 0.198. The molecule has 0 radical (unpaired) electrons. The van der Waals surface area contributed by atoms with Crippen LogP contribution in [0, 0.1) is 0 Å². The Kier molecular flexibility index (Phi) is 4.06. The molecule has 1 aliphatic rings. The van der Waals surface area contributed by atoms with E-state index in [0.29, 0.717) is 6.04 Å². The summed E-state index contributed by atoms with van der Waals surface area (Å²) >= 11 is 0. The quantitative estimate of drug-likeness (QED) is 0.879. The average Bonchev–Trinajstić information content (AvgIpc) is 2.55. The van der Waals surface area contributed by atoms with Gasteiger partial charge in [-0.2, -0.15) is 0 Å². The Labute approximate surface area is 126 Å². The second-order valence-electron chi connectivity index (χ2n) is 5.56. The molecule has 1 atom stereocenters. The van der Waals surface area contributed by atoms with E-state index >= 15 is 0 Å². The molecule has 1 saturated heterocycles. The van der Waals surface area contributed by atoms with Crippen LogP contribution >= 0.6 is 0 Å². The lowest BCUT2D eigenvalue weighted by Crippen LogP contribution is -2.47. The van der Waals surface area contributed by atoms with E-state index in [2.05, 4.69) is 39.9 Å². The highest BCUT2D eigenvalue weighted by Crippen LogP contribution is 2.24. The number of nitrogen functional groups attached to an aromatic ring is 1. The first-order valence-corrected chi connectivity index (χ1v) is 7.49. The number of benzene rings is 1. The van der Waals surface area contributed by atoms with E-state index in [4.69, 9.17) is 5.73 Å². The molecule has 1 aliphatic heterocycles. The third-order valence-corrected chi connectivity index (χ3v) is 4.23. The van der Waals surface area contributed by atoms with E-state index in [1.807, 2.05) is 30.5 Å². The molecular weight excluding hydrogens is 260 g/mol. The first-order chi connectivity index (χ1) is 10.2. The Morgan fingerprint density at radius 1 is 1.05 bits per heavy atom. The molecule has 4 nitrogen and oxygen atoms in total. The Morgan fingerprint density at radius 2 is 1.86 bits per heavy atom. The Bertz CT molecular complexity index is 576. The zero-order valence-corrected chi connectivity index (χ0v) is 12.4. The van der Waals surface area contributed by atoms with Crippen molar-refractivity contribution < 1.29 is 0 Å². The van der Waals surface area contributed by atoms with Gasteiger partial charge in [-0.25, -0.2) is 4.98 Å². The molecule has 3 rings (SSSR count). The van der Waals surface area contributed by atoms with E-state index in [-0.39, 0.29) is 0 Å². The van der Waals surface area contributed by atoms with Crippen LogP contribution in [0.15, 0.2) is 48.7 Å². The summed E-state index contributed by atoms with van der Waals surface area (Å²) < 4.78 is 0. The first kappa shape index (κ1) is 13.9. The largest absolute Gasteiger partial charge is 0.399 e. The normalized spacial score (nSPS) is 17.7. The predicted octanol–water partition coefficient (Wildman–Crippen LogP) is 2.55. The van der Waals surface area contributed by atoms with Gasteiger partial charge in [0.2, 0.25) is 0 Å². The molecule has 1 unspecified atom stereocenters. The molecule has 21 heavy (non-hydrogen) atoms. The average molecular weight is 282 g/mol. The summed E-state index contributed by atoms with van der Waals surface area (Å²) in [4.78, 5) is 9.29. The standard InChI is InChI=1S/C17H22N4/c1-14(15-5-4-6-16(18)13-15)20-9-11-21(12-10-20)17-7-2-3-8-19-17/h2-8,13-14H,9-12,18H2,1H3. The molecule has 0 spiro atoms. The number of nitrogens with zero attached hydrogens (tertiary/aromatic N) is 3. The van der Waals surface area contributed by atoms with Crippen LogP contribution in [0.1, 0.15) is 18.5 Å². The van der Waals surface area contributed by atoms with Gasteiger partial charge in [0.15, 0.2) is 0 Å². The van der Waals surface area contributed by atoms with Crippen molar-refractivity contribution in [2.45, 2.75) is 13.0 Å². The zero-order valence-electron chi connectivity index (χ0n) is 12.4. The van der Waals surface area contributed by atoms with Gasteiger partial charge in [-0.05, 0) is 36.8 Å². The summed E-state index contributed by atoms with van der Waals surface area (Å²) in [6, 6.07) is 14.7. The van der Waals surface area contributed by atoms with Crippen molar-refractivity contribution in [1.82, 2.24) is 9.88 Å². The lowest BCUT2D eigenvalue weighted by Gasteiger charge is -2.38. The second-order valence-corrected chi connectivity index (χ2v) is 5.56. The van der Waals surface area contributed by atoms with Crippen molar-refractivity contribution in [2.24, 2.45) is 0 Å². The zero-order chi connectivity index (χ0) is 14.7. The van der Waals surface area contributed by atoms with Gasteiger partial charge in [0, 0.05) is 44.1 Å². The van der Waals surface area contributed by atoms with E-state index in [9.17, 15) is 0 Å². The van der Waals surface area contributed by atoms with Crippen molar-refractivity contribution in [1.29, 1.82) is 0 Å². The molecule has 0 bridgehead atoms. The fourth-order valence-electron chi connectivity index (χ4n) is 2.91. The third kappa shape index (κ3) is 3.16. The maximum atomic E-state index is 5.89.